The van der Waals surface area contributed by atoms with Gasteiger partial charge in [0.15, 0.2) is 11.5 Å². The predicted molar refractivity (Wildman–Crippen MR) is 116 cm³/mol. The molecule has 6 nitrogen and oxygen atoms in total. The fraction of sp³-hybridized carbons (Fsp3) is 0.217. The molecule has 3 aromatic rings. The summed E-state index contributed by atoms with van der Waals surface area (Å²) in [5.41, 5.74) is 1.85. The van der Waals surface area contributed by atoms with Gasteiger partial charge in [-0.15, -0.1) is 11.3 Å². The lowest BCUT2D eigenvalue weighted by atomic mass is 9.88. The molecule has 2 aromatic carbocycles. The second-order valence-corrected chi connectivity index (χ2v) is 8.03. The summed E-state index contributed by atoms with van der Waals surface area (Å²) >= 11 is 1.08. The van der Waals surface area contributed by atoms with Gasteiger partial charge in [0.25, 0.3) is 0 Å². The molecule has 1 amide bonds. The van der Waals surface area contributed by atoms with Crippen LogP contribution < -0.4 is 14.8 Å². The molecule has 4 rings (SSSR count). The number of aromatic carboxylic acids is 1. The van der Waals surface area contributed by atoms with Gasteiger partial charge in [0.1, 0.15) is 10.7 Å². The summed E-state index contributed by atoms with van der Waals surface area (Å²) in [5, 5.41) is 12.7. The van der Waals surface area contributed by atoms with Crippen LogP contribution in [-0.4, -0.2) is 30.7 Å². The molecule has 0 saturated heterocycles. The third-order valence-electron chi connectivity index (χ3n) is 5.11. The molecule has 1 aliphatic heterocycles. The summed E-state index contributed by atoms with van der Waals surface area (Å²) in [6.45, 7) is 2.25. The third kappa shape index (κ3) is 3.74. The molecule has 8 heteroatoms. The highest BCUT2D eigenvalue weighted by Crippen LogP contribution is 2.51. The largest absolute Gasteiger partial charge is 0.493 e. The van der Waals surface area contributed by atoms with E-state index in [0.717, 1.165) is 16.9 Å². The van der Waals surface area contributed by atoms with Crippen LogP contribution in [-0.2, 0) is 4.79 Å². The first-order chi connectivity index (χ1) is 14.9. The summed E-state index contributed by atoms with van der Waals surface area (Å²) in [6, 6.07) is 11.1. The number of fused-ring (bicyclic) bond motifs is 1. The van der Waals surface area contributed by atoms with E-state index in [9.17, 15) is 19.1 Å². The van der Waals surface area contributed by atoms with Gasteiger partial charge in [-0.05, 0) is 30.7 Å². The van der Waals surface area contributed by atoms with Crippen molar-refractivity contribution in [3.05, 3.63) is 63.6 Å². The molecule has 1 aliphatic rings. The minimum absolute atomic E-state index is 0.0451. The van der Waals surface area contributed by atoms with Crippen LogP contribution in [0.5, 0.6) is 11.5 Å². The van der Waals surface area contributed by atoms with Crippen LogP contribution >= 0.6 is 11.3 Å². The van der Waals surface area contributed by atoms with Crippen LogP contribution in [0.2, 0.25) is 0 Å². The van der Waals surface area contributed by atoms with Crippen LogP contribution in [0.3, 0.4) is 0 Å². The van der Waals surface area contributed by atoms with Gasteiger partial charge in [-0.1, -0.05) is 24.3 Å². The Morgan fingerprint density at radius 3 is 2.74 bits per heavy atom. The molecular weight excluding hydrogens is 421 g/mol. The molecule has 0 bridgehead atoms. The van der Waals surface area contributed by atoms with Crippen molar-refractivity contribution in [2.75, 3.05) is 19.0 Å². The molecule has 31 heavy (non-hydrogen) atoms. The number of methoxy groups -OCH3 is 1. The van der Waals surface area contributed by atoms with Crippen molar-refractivity contribution in [3.8, 4) is 22.6 Å². The van der Waals surface area contributed by atoms with Crippen molar-refractivity contribution in [3.63, 3.8) is 0 Å². The van der Waals surface area contributed by atoms with Gasteiger partial charge in [0.2, 0.25) is 5.91 Å². The highest BCUT2D eigenvalue weighted by Gasteiger charge is 2.36. The van der Waals surface area contributed by atoms with E-state index in [1.54, 1.807) is 12.1 Å². The predicted octanol–water partition coefficient (Wildman–Crippen LogP) is 5.13. The number of amides is 1. The topological polar surface area (TPSA) is 84.9 Å². The maximum Gasteiger partial charge on any atom is 0.346 e. The van der Waals surface area contributed by atoms with Crippen molar-refractivity contribution in [1.29, 1.82) is 0 Å². The number of carboxylic acid groups (broad SMARTS) is 1. The molecule has 2 N–H and O–H groups in total. The van der Waals surface area contributed by atoms with Gasteiger partial charge in [-0.3, -0.25) is 4.79 Å². The number of carboxylic acids is 1. The fourth-order valence-corrected chi connectivity index (χ4v) is 5.11. The Bertz CT molecular complexity index is 1170. The number of para-hydroxylation sites is 1. The minimum Gasteiger partial charge on any atom is -0.493 e. The zero-order valence-corrected chi connectivity index (χ0v) is 17.7. The number of nitrogens with one attached hydrogen (secondary N) is 1. The number of halogens is 1. The number of benzene rings is 2. The average molecular weight is 441 g/mol. The van der Waals surface area contributed by atoms with E-state index >= 15 is 0 Å². The maximum atomic E-state index is 13.9. The van der Waals surface area contributed by atoms with Crippen molar-refractivity contribution < 1.29 is 28.6 Å². The van der Waals surface area contributed by atoms with E-state index in [1.165, 1.54) is 25.3 Å². The Morgan fingerprint density at radius 2 is 2.06 bits per heavy atom. The molecule has 0 aliphatic carbocycles. The Morgan fingerprint density at radius 1 is 1.29 bits per heavy atom. The lowest BCUT2D eigenvalue weighted by molar-refractivity contribution is -0.116. The first kappa shape index (κ1) is 20.9. The molecular formula is C23H20FNO5S. The van der Waals surface area contributed by atoms with Crippen LogP contribution in [0.4, 0.5) is 10.1 Å². The van der Waals surface area contributed by atoms with Gasteiger partial charge in [-0.2, -0.15) is 0 Å². The van der Waals surface area contributed by atoms with E-state index in [-0.39, 0.29) is 17.2 Å². The Balaban J connectivity index is 1.96. The Hall–Kier alpha value is -3.39. The molecule has 0 radical (unpaired) electrons. The van der Waals surface area contributed by atoms with E-state index in [0.29, 0.717) is 39.8 Å². The van der Waals surface area contributed by atoms with Gasteiger partial charge in [0.05, 0.1) is 19.4 Å². The Labute approximate surface area is 182 Å². The maximum absolute atomic E-state index is 13.9. The lowest BCUT2D eigenvalue weighted by Gasteiger charge is -2.26. The van der Waals surface area contributed by atoms with Crippen LogP contribution in [0.25, 0.3) is 11.1 Å². The first-order valence-electron chi connectivity index (χ1n) is 9.70. The summed E-state index contributed by atoms with van der Waals surface area (Å²) < 4.78 is 25.2. The van der Waals surface area contributed by atoms with Gasteiger partial charge in [0, 0.05) is 28.3 Å². The van der Waals surface area contributed by atoms with Gasteiger partial charge >= 0.3 is 5.97 Å². The highest BCUT2D eigenvalue weighted by atomic mass is 32.1. The highest BCUT2D eigenvalue weighted by molar-refractivity contribution is 7.15. The van der Waals surface area contributed by atoms with Gasteiger partial charge < -0.3 is 19.9 Å². The van der Waals surface area contributed by atoms with Crippen LogP contribution in [0, 0.1) is 5.82 Å². The normalized spacial score (nSPS) is 15.2. The number of hydrogen-bond donors (Lipinski definition) is 2. The number of ether oxygens (including phenoxy) is 2. The third-order valence-corrected chi connectivity index (χ3v) is 6.40. The number of carbonyl (C=O) groups excluding carboxylic acids is 1. The van der Waals surface area contributed by atoms with Crippen molar-refractivity contribution in [2.24, 2.45) is 0 Å². The minimum atomic E-state index is -1.14. The zero-order chi connectivity index (χ0) is 22.1. The monoisotopic (exact) mass is 441 g/mol. The number of rotatable bonds is 6. The van der Waals surface area contributed by atoms with Crippen LogP contribution in [0.15, 0.2) is 42.5 Å². The number of hydrogen-bond acceptors (Lipinski definition) is 5. The molecule has 0 fully saturated rings. The van der Waals surface area contributed by atoms with Crippen molar-refractivity contribution in [1.82, 2.24) is 0 Å². The second-order valence-electron chi connectivity index (χ2n) is 6.98. The Kier molecular flexibility index (Phi) is 5.65. The average Bonchev–Trinajstić information content (AvgIpc) is 3.13. The lowest BCUT2D eigenvalue weighted by Crippen LogP contribution is -2.23. The standard InChI is InChI=1S/C23H20FNO5S/c1-3-30-20-14(8-5-9-16(20)29-2)15-11-17(26)25-19-18(12-6-4-7-13(24)10-12)22(23(27)28)31-21(15)19/h4-10,15H,3,11H2,1-2H3,(H,25,26)(H,27,28). The van der Waals surface area contributed by atoms with Gasteiger partial charge in [-0.25, -0.2) is 9.18 Å². The molecule has 1 atom stereocenters. The summed E-state index contributed by atoms with van der Waals surface area (Å²) in [5.74, 6) is -1.25. The van der Waals surface area contributed by atoms with Crippen LogP contribution in [0.1, 0.15) is 39.4 Å². The molecule has 2 heterocycles. The second kappa shape index (κ2) is 8.39. The smallest absolute Gasteiger partial charge is 0.346 e. The SMILES string of the molecule is CCOc1c(OC)cccc1C1CC(=O)Nc2c1sc(C(=O)O)c2-c1cccc(F)c1. The molecule has 0 saturated carbocycles. The number of carbonyl (C=O) groups is 2. The first-order valence-corrected chi connectivity index (χ1v) is 10.5. The summed E-state index contributed by atoms with van der Waals surface area (Å²) in [4.78, 5) is 25.4. The number of thiophene rings is 1. The van der Waals surface area contributed by atoms with Crippen molar-refractivity contribution in [2.45, 2.75) is 19.3 Å². The van der Waals surface area contributed by atoms with Crippen molar-refractivity contribution >= 4 is 28.9 Å². The van der Waals surface area contributed by atoms with E-state index in [1.807, 2.05) is 19.1 Å². The zero-order valence-electron chi connectivity index (χ0n) is 16.9. The summed E-state index contributed by atoms with van der Waals surface area (Å²) in [7, 11) is 1.54. The van der Waals surface area contributed by atoms with E-state index in [4.69, 9.17) is 9.47 Å². The quantitative estimate of drug-likeness (QED) is 0.554. The summed E-state index contributed by atoms with van der Waals surface area (Å²) in [6.07, 6.45) is 0.127. The van der Waals surface area contributed by atoms with E-state index < -0.39 is 17.7 Å². The molecule has 1 aromatic heterocycles. The molecule has 0 spiro atoms. The number of anilines is 1. The molecule has 160 valence electrons. The fourth-order valence-electron chi connectivity index (χ4n) is 3.87. The molecule has 1 unspecified atom stereocenters. The van der Waals surface area contributed by atoms with E-state index in [2.05, 4.69) is 5.32 Å².